The van der Waals surface area contributed by atoms with E-state index in [0.29, 0.717) is 27.8 Å². The van der Waals surface area contributed by atoms with Gasteiger partial charge in [0.15, 0.2) is 5.82 Å². The molecule has 0 unspecified atom stereocenters. The molecule has 1 N–H and O–H groups in total. The van der Waals surface area contributed by atoms with Crippen molar-refractivity contribution in [1.29, 1.82) is 0 Å². The Morgan fingerprint density at radius 2 is 1.72 bits per heavy atom. The molecule has 0 saturated carbocycles. The summed E-state index contributed by atoms with van der Waals surface area (Å²) in [5.74, 6) is 0.385. The van der Waals surface area contributed by atoms with E-state index in [0.717, 1.165) is 16.7 Å². The van der Waals surface area contributed by atoms with Gasteiger partial charge in [-0.15, -0.1) is 0 Å². The highest BCUT2D eigenvalue weighted by Gasteiger charge is 2.16. The fourth-order valence-corrected chi connectivity index (χ4v) is 3.26. The fourth-order valence-electron chi connectivity index (χ4n) is 3.26. The second-order valence-corrected chi connectivity index (χ2v) is 7.14. The van der Waals surface area contributed by atoms with Crippen molar-refractivity contribution in [2.75, 3.05) is 0 Å². The van der Waals surface area contributed by atoms with Gasteiger partial charge in [-0.3, -0.25) is 4.79 Å². The van der Waals surface area contributed by atoms with Gasteiger partial charge in [-0.05, 0) is 61.7 Å². The molecule has 4 rings (SSSR count). The van der Waals surface area contributed by atoms with Crippen molar-refractivity contribution in [3.8, 4) is 11.6 Å². The number of fused-ring (bicyclic) bond motifs is 1. The van der Waals surface area contributed by atoms with E-state index in [2.05, 4.69) is 9.98 Å². The minimum atomic E-state index is -0.271. The summed E-state index contributed by atoms with van der Waals surface area (Å²) in [5, 5.41) is 12.2. The van der Waals surface area contributed by atoms with E-state index >= 15 is 0 Å². The van der Waals surface area contributed by atoms with Crippen LogP contribution in [0.3, 0.4) is 0 Å². The van der Waals surface area contributed by atoms with Crippen molar-refractivity contribution in [2.45, 2.75) is 20.8 Å². The minimum Gasteiger partial charge on any atom is -0.494 e. The number of benzene rings is 2. The third-order valence-corrected chi connectivity index (χ3v) is 5.07. The number of aliphatic imine (C=N–C) groups is 1. The first kappa shape index (κ1) is 18.6. The Hall–Kier alpha value is -3.73. The maximum atomic E-state index is 13.2. The van der Waals surface area contributed by atoms with Gasteiger partial charge in [0, 0.05) is 23.2 Å². The fraction of sp³-hybridized carbons (Fsp3) is 0.125. The van der Waals surface area contributed by atoms with Gasteiger partial charge in [-0.25, -0.2) is 14.5 Å². The van der Waals surface area contributed by atoms with Crippen molar-refractivity contribution in [1.82, 2.24) is 9.55 Å². The molecule has 0 radical (unpaired) electrons. The predicted molar refractivity (Wildman–Crippen MR) is 117 cm³/mol. The molecule has 5 heteroatoms. The van der Waals surface area contributed by atoms with E-state index in [-0.39, 0.29) is 11.4 Å². The second-order valence-electron chi connectivity index (χ2n) is 7.14. The van der Waals surface area contributed by atoms with Crippen LogP contribution in [0.15, 0.2) is 70.6 Å². The molecule has 0 fully saturated rings. The van der Waals surface area contributed by atoms with Gasteiger partial charge < -0.3 is 5.11 Å². The summed E-state index contributed by atoms with van der Waals surface area (Å²) in [4.78, 5) is 21.8. The van der Waals surface area contributed by atoms with Crippen LogP contribution < -0.4 is 5.56 Å². The number of rotatable bonds is 3. The maximum absolute atomic E-state index is 13.2. The zero-order chi connectivity index (χ0) is 20.5. The largest absolute Gasteiger partial charge is 0.494 e. The summed E-state index contributed by atoms with van der Waals surface area (Å²) in [6.45, 7) is 5.95. The average Bonchev–Trinajstić information content (AvgIpc) is 2.72. The molecule has 2 aromatic heterocycles. The highest BCUT2D eigenvalue weighted by atomic mass is 16.3. The van der Waals surface area contributed by atoms with Crippen LogP contribution in [0.25, 0.3) is 16.5 Å². The van der Waals surface area contributed by atoms with Gasteiger partial charge in [0.2, 0.25) is 5.88 Å². The van der Waals surface area contributed by atoms with E-state index in [4.69, 9.17) is 0 Å². The molecule has 0 aliphatic heterocycles. The van der Waals surface area contributed by atoms with Gasteiger partial charge in [-0.1, -0.05) is 30.3 Å². The molecule has 0 bridgehead atoms. The van der Waals surface area contributed by atoms with Gasteiger partial charge in [0.25, 0.3) is 5.56 Å². The smallest absolute Gasteiger partial charge is 0.265 e. The topological polar surface area (TPSA) is 67.5 Å². The van der Waals surface area contributed by atoms with Crippen molar-refractivity contribution in [3.63, 3.8) is 0 Å². The SMILES string of the molecule is Cc1ccc(N=Cc2c(O)n(-c3ccc(C)c(C)c3)c(=O)c3ccccc23)nc1. The monoisotopic (exact) mass is 383 g/mol. The lowest BCUT2D eigenvalue weighted by atomic mass is 10.1. The highest BCUT2D eigenvalue weighted by Crippen LogP contribution is 2.27. The Bertz CT molecular complexity index is 1300. The van der Waals surface area contributed by atoms with Gasteiger partial charge in [0.1, 0.15) is 0 Å². The molecule has 29 heavy (non-hydrogen) atoms. The van der Waals surface area contributed by atoms with E-state index in [1.54, 1.807) is 18.5 Å². The minimum absolute atomic E-state index is 0.146. The second kappa shape index (κ2) is 7.36. The Kier molecular flexibility index (Phi) is 4.72. The lowest BCUT2D eigenvalue weighted by molar-refractivity contribution is 0.436. The van der Waals surface area contributed by atoms with Crippen LogP contribution >= 0.6 is 0 Å². The van der Waals surface area contributed by atoms with Gasteiger partial charge >= 0.3 is 0 Å². The van der Waals surface area contributed by atoms with Gasteiger partial charge in [-0.2, -0.15) is 0 Å². The number of hydrogen-bond acceptors (Lipinski definition) is 4. The summed E-state index contributed by atoms with van der Waals surface area (Å²) in [6, 6.07) is 16.6. The Morgan fingerprint density at radius 3 is 2.41 bits per heavy atom. The summed E-state index contributed by atoms with van der Waals surface area (Å²) in [7, 11) is 0. The third-order valence-electron chi connectivity index (χ3n) is 5.07. The van der Waals surface area contributed by atoms with Crippen molar-refractivity contribution in [3.05, 3.63) is 93.4 Å². The first-order valence-corrected chi connectivity index (χ1v) is 9.37. The Morgan fingerprint density at radius 1 is 0.966 bits per heavy atom. The summed E-state index contributed by atoms with van der Waals surface area (Å²) in [6.07, 6.45) is 3.30. The average molecular weight is 383 g/mol. The molecule has 2 heterocycles. The van der Waals surface area contributed by atoms with Crippen LogP contribution in [0.2, 0.25) is 0 Å². The standard InChI is InChI=1S/C24H21N3O2/c1-15-8-11-22(25-13-15)26-14-21-19-6-4-5-7-20(19)23(28)27(24(21)29)18-10-9-16(2)17(3)12-18/h4-14,29H,1-3H3. The molecule has 0 saturated heterocycles. The van der Waals surface area contributed by atoms with Crippen molar-refractivity contribution >= 4 is 22.8 Å². The lowest BCUT2D eigenvalue weighted by Crippen LogP contribution is -2.20. The summed E-state index contributed by atoms with van der Waals surface area (Å²) >= 11 is 0. The highest BCUT2D eigenvalue weighted by molar-refractivity contribution is 6.02. The Labute approximate surface area is 168 Å². The molecule has 0 aliphatic rings. The maximum Gasteiger partial charge on any atom is 0.265 e. The Balaban J connectivity index is 1.97. The van der Waals surface area contributed by atoms with Crippen LogP contribution in [0, 0.1) is 20.8 Å². The zero-order valence-electron chi connectivity index (χ0n) is 16.5. The van der Waals surface area contributed by atoms with E-state index < -0.39 is 0 Å². The third kappa shape index (κ3) is 3.43. The van der Waals surface area contributed by atoms with Crippen molar-refractivity contribution in [2.24, 2.45) is 4.99 Å². The van der Waals surface area contributed by atoms with Crippen LogP contribution in [-0.4, -0.2) is 20.9 Å². The number of pyridine rings is 2. The van der Waals surface area contributed by atoms with E-state index in [9.17, 15) is 9.90 Å². The normalized spacial score (nSPS) is 11.4. The molecule has 0 aliphatic carbocycles. The van der Waals surface area contributed by atoms with Crippen LogP contribution in [-0.2, 0) is 0 Å². The summed E-state index contributed by atoms with van der Waals surface area (Å²) in [5.41, 5.74) is 4.02. The molecular formula is C24H21N3O2. The van der Waals surface area contributed by atoms with Crippen LogP contribution in [0.5, 0.6) is 5.88 Å². The predicted octanol–water partition coefficient (Wildman–Crippen LogP) is 4.77. The molecule has 4 aromatic rings. The number of hydrogen-bond donors (Lipinski definition) is 1. The van der Waals surface area contributed by atoms with Gasteiger partial charge in [0.05, 0.1) is 11.3 Å². The molecule has 0 atom stereocenters. The summed E-state index contributed by atoms with van der Waals surface area (Å²) < 4.78 is 1.33. The first-order chi connectivity index (χ1) is 14.0. The first-order valence-electron chi connectivity index (χ1n) is 9.37. The molecule has 0 amide bonds. The van der Waals surface area contributed by atoms with E-state index in [1.165, 1.54) is 4.57 Å². The zero-order valence-corrected chi connectivity index (χ0v) is 16.5. The van der Waals surface area contributed by atoms with Crippen LogP contribution in [0.1, 0.15) is 22.3 Å². The number of aromatic nitrogens is 2. The molecule has 144 valence electrons. The number of aryl methyl sites for hydroxylation is 3. The lowest BCUT2D eigenvalue weighted by Gasteiger charge is -2.14. The molecular weight excluding hydrogens is 362 g/mol. The molecule has 0 spiro atoms. The number of nitrogens with zero attached hydrogens (tertiary/aromatic N) is 3. The molecule has 5 nitrogen and oxygen atoms in total. The van der Waals surface area contributed by atoms with Crippen molar-refractivity contribution < 1.29 is 5.11 Å². The molecule has 2 aromatic carbocycles. The van der Waals surface area contributed by atoms with E-state index in [1.807, 2.05) is 69.3 Å². The quantitative estimate of drug-likeness (QED) is 0.518. The van der Waals surface area contributed by atoms with Crippen LogP contribution in [0.4, 0.5) is 5.82 Å². The number of aromatic hydroxyl groups is 1.